The molecule has 6 atom stereocenters. The standard InChI is InChI=1S/C31H40F2N4O6/c1-17-12-13-23-19(17)9-7-8-14-31(32,33)24-26(35-21-11-6-5-10-20(21)34-24)42-18-15-22(28(39)40)37(16-18)27(38)25(30(2,3)4)36-29(41)43-23/h5-6,10-11,17-19,22-23,25H,7-9,12-16H2,1-4H3,(H,36,41)(H,39,40)/t17-,18+,19+,22-,23+,25+/m0/s1. The molecule has 234 valence electrons. The van der Waals surface area contributed by atoms with E-state index in [4.69, 9.17) is 9.47 Å². The number of benzene rings is 1. The van der Waals surface area contributed by atoms with Crippen LogP contribution in [0.4, 0.5) is 13.6 Å². The highest BCUT2D eigenvalue weighted by atomic mass is 19.3. The number of fused-ring (bicyclic) bond motifs is 5. The maximum atomic E-state index is 15.8. The number of ether oxygens (including phenoxy) is 2. The van der Waals surface area contributed by atoms with Crippen molar-refractivity contribution < 1.29 is 37.7 Å². The number of aliphatic carboxylic acids is 1. The van der Waals surface area contributed by atoms with Crippen molar-refractivity contribution in [2.75, 3.05) is 6.54 Å². The molecule has 1 aromatic carbocycles. The molecule has 2 aliphatic heterocycles. The molecule has 0 unspecified atom stereocenters. The summed E-state index contributed by atoms with van der Waals surface area (Å²) in [5.41, 5.74) is -0.738. The van der Waals surface area contributed by atoms with Crippen LogP contribution in [-0.4, -0.2) is 68.8 Å². The van der Waals surface area contributed by atoms with Gasteiger partial charge in [-0.1, -0.05) is 46.2 Å². The van der Waals surface area contributed by atoms with E-state index in [1.54, 1.807) is 45.0 Å². The summed E-state index contributed by atoms with van der Waals surface area (Å²) in [6.45, 7) is 7.17. The Hall–Kier alpha value is -3.57. The molecule has 3 aliphatic rings. The second kappa shape index (κ2) is 11.8. The first-order chi connectivity index (χ1) is 20.2. The lowest BCUT2D eigenvalue weighted by Crippen LogP contribution is -2.57. The van der Waals surface area contributed by atoms with Gasteiger partial charge in [-0.3, -0.25) is 4.79 Å². The Morgan fingerprint density at radius 3 is 2.44 bits per heavy atom. The first kappa shape index (κ1) is 30.9. The fourth-order valence-corrected chi connectivity index (χ4v) is 6.61. The number of alkyl halides is 2. The molecular formula is C31H40F2N4O6. The zero-order valence-corrected chi connectivity index (χ0v) is 25.0. The number of rotatable bonds is 1. The molecular weight excluding hydrogens is 562 g/mol. The summed E-state index contributed by atoms with van der Waals surface area (Å²) in [5.74, 6) is -5.38. The van der Waals surface area contributed by atoms with Gasteiger partial charge in [0.2, 0.25) is 11.8 Å². The van der Waals surface area contributed by atoms with E-state index >= 15 is 8.78 Å². The quantitative estimate of drug-likeness (QED) is 0.451. The van der Waals surface area contributed by atoms with E-state index in [0.717, 1.165) is 11.3 Å². The van der Waals surface area contributed by atoms with Gasteiger partial charge in [0.15, 0.2) is 5.69 Å². The van der Waals surface area contributed by atoms with Gasteiger partial charge in [0.25, 0.3) is 5.92 Å². The Bertz CT molecular complexity index is 1380. The molecule has 10 nitrogen and oxygen atoms in total. The Morgan fingerprint density at radius 1 is 1.07 bits per heavy atom. The summed E-state index contributed by atoms with van der Waals surface area (Å²) < 4.78 is 43.5. The Morgan fingerprint density at radius 2 is 1.77 bits per heavy atom. The van der Waals surface area contributed by atoms with Crippen molar-refractivity contribution in [3.05, 3.63) is 30.0 Å². The van der Waals surface area contributed by atoms with Crippen LogP contribution in [0.15, 0.2) is 24.3 Å². The van der Waals surface area contributed by atoms with Crippen molar-refractivity contribution in [1.29, 1.82) is 0 Å². The van der Waals surface area contributed by atoms with Crippen LogP contribution in [0.5, 0.6) is 5.88 Å². The number of alkyl carbamates (subject to hydrolysis) is 1. The van der Waals surface area contributed by atoms with E-state index in [1.807, 2.05) is 0 Å². The van der Waals surface area contributed by atoms with Gasteiger partial charge in [-0.25, -0.2) is 19.6 Å². The lowest BCUT2D eigenvalue weighted by molar-refractivity contribution is -0.150. The van der Waals surface area contributed by atoms with Gasteiger partial charge in [-0.15, -0.1) is 0 Å². The van der Waals surface area contributed by atoms with Gasteiger partial charge in [0.1, 0.15) is 24.3 Å². The smallest absolute Gasteiger partial charge is 0.408 e. The Labute approximate surface area is 249 Å². The number of aromatic nitrogens is 2. The molecule has 1 aromatic heterocycles. The minimum Gasteiger partial charge on any atom is -0.480 e. The average Bonchev–Trinajstić information content (AvgIpc) is 3.51. The maximum Gasteiger partial charge on any atom is 0.408 e. The molecule has 1 saturated heterocycles. The number of hydrogen-bond donors (Lipinski definition) is 2. The second-order valence-electron chi connectivity index (χ2n) is 13.2. The molecule has 1 aliphatic carbocycles. The molecule has 0 radical (unpaired) electrons. The third kappa shape index (κ3) is 6.52. The van der Waals surface area contributed by atoms with E-state index < -0.39 is 65.7 Å². The van der Waals surface area contributed by atoms with Crippen LogP contribution < -0.4 is 10.1 Å². The highest BCUT2D eigenvalue weighted by Crippen LogP contribution is 2.41. The van der Waals surface area contributed by atoms with Crippen molar-refractivity contribution in [3.63, 3.8) is 0 Å². The zero-order valence-electron chi connectivity index (χ0n) is 25.0. The summed E-state index contributed by atoms with van der Waals surface area (Å²) in [5, 5.41) is 12.7. The largest absolute Gasteiger partial charge is 0.480 e. The molecule has 2 aromatic rings. The molecule has 5 rings (SSSR count). The van der Waals surface area contributed by atoms with Crippen LogP contribution in [-0.2, 0) is 20.2 Å². The molecule has 1 saturated carbocycles. The highest BCUT2D eigenvalue weighted by molar-refractivity contribution is 5.90. The number of amides is 2. The molecule has 2 N–H and O–H groups in total. The SMILES string of the molecule is C[C@H]1CC[C@H]2OC(=O)N[C@@H](C(C)(C)C)C(=O)N3C[C@@H](C[C@H]3C(=O)O)Oc3nc4ccccc4nc3C(F)(F)CCCC[C@H]12. The summed E-state index contributed by atoms with van der Waals surface area (Å²) in [6.07, 6.45) is 0.0792. The molecule has 43 heavy (non-hydrogen) atoms. The van der Waals surface area contributed by atoms with E-state index in [2.05, 4.69) is 22.2 Å². The molecule has 2 fully saturated rings. The lowest BCUT2D eigenvalue weighted by atomic mass is 9.85. The van der Waals surface area contributed by atoms with Gasteiger partial charge in [0, 0.05) is 12.8 Å². The summed E-state index contributed by atoms with van der Waals surface area (Å²) >= 11 is 0. The number of para-hydroxylation sites is 2. The van der Waals surface area contributed by atoms with Gasteiger partial charge in [-0.05, 0) is 55.1 Å². The number of carbonyl (C=O) groups excluding carboxylic acids is 2. The van der Waals surface area contributed by atoms with E-state index in [-0.39, 0.29) is 37.1 Å². The molecule has 3 heterocycles. The van der Waals surface area contributed by atoms with Crippen molar-refractivity contribution >= 4 is 29.0 Å². The van der Waals surface area contributed by atoms with E-state index in [0.29, 0.717) is 30.3 Å². The number of nitrogens with one attached hydrogen (secondary N) is 1. The summed E-state index contributed by atoms with van der Waals surface area (Å²) in [6, 6.07) is 4.24. The van der Waals surface area contributed by atoms with Crippen LogP contribution in [0, 0.1) is 17.3 Å². The maximum absolute atomic E-state index is 15.8. The van der Waals surface area contributed by atoms with E-state index in [9.17, 15) is 19.5 Å². The van der Waals surface area contributed by atoms with Gasteiger partial charge < -0.3 is 24.8 Å². The fraction of sp³-hybridized carbons (Fsp3) is 0.645. The predicted octanol–water partition coefficient (Wildman–Crippen LogP) is 5.28. The minimum absolute atomic E-state index is 0.00266. The van der Waals surface area contributed by atoms with Crippen molar-refractivity contribution in [3.8, 4) is 5.88 Å². The number of carboxylic acid groups (broad SMARTS) is 1. The Balaban J connectivity index is 1.54. The van der Waals surface area contributed by atoms with Crippen molar-refractivity contribution in [2.24, 2.45) is 17.3 Å². The number of carbonyl (C=O) groups is 3. The van der Waals surface area contributed by atoms with Gasteiger partial charge in [0.05, 0.1) is 17.6 Å². The van der Waals surface area contributed by atoms with Crippen molar-refractivity contribution in [1.82, 2.24) is 20.2 Å². The summed E-state index contributed by atoms with van der Waals surface area (Å²) in [4.78, 5) is 49.1. The third-order valence-corrected chi connectivity index (χ3v) is 9.02. The topological polar surface area (TPSA) is 131 Å². The fourth-order valence-electron chi connectivity index (χ4n) is 6.61. The number of halogens is 2. The van der Waals surface area contributed by atoms with Crippen LogP contribution in [0.3, 0.4) is 0 Å². The lowest BCUT2D eigenvalue weighted by Gasteiger charge is -2.35. The average molecular weight is 603 g/mol. The molecule has 2 bridgehead atoms. The first-order valence-corrected chi connectivity index (χ1v) is 15.1. The Kier molecular flexibility index (Phi) is 8.50. The van der Waals surface area contributed by atoms with Crippen LogP contribution >= 0.6 is 0 Å². The molecule has 0 spiro atoms. The summed E-state index contributed by atoms with van der Waals surface area (Å²) in [7, 11) is 0. The van der Waals surface area contributed by atoms with Gasteiger partial charge >= 0.3 is 12.1 Å². The van der Waals surface area contributed by atoms with Crippen LogP contribution in [0.2, 0.25) is 0 Å². The molecule has 2 amide bonds. The van der Waals surface area contributed by atoms with E-state index in [1.165, 1.54) is 0 Å². The zero-order chi connectivity index (χ0) is 31.1. The highest BCUT2D eigenvalue weighted by Gasteiger charge is 2.47. The number of hydrogen-bond acceptors (Lipinski definition) is 7. The first-order valence-electron chi connectivity index (χ1n) is 15.1. The number of carboxylic acids is 1. The molecule has 12 heteroatoms. The van der Waals surface area contributed by atoms with Crippen LogP contribution in [0.1, 0.15) is 78.3 Å². The van der Waals surface area contributed by atoms with Gasteiger partial charge in [-0.2, -0.15) is 8.78 Å². The normalized spacial score (nSPS) is 30.3. The van der Waals surface area contributed by atoms with Crippen LogP contribution in [0.25, 0.3) is 11.0 Å². The minimum atomic E-state index is -3.37. The monoisotopic (exact) mass is 602 g/mol. The van der Waals surface area contributed by atoms with Crippen molar-refractivity contribution in [2.45, 2.75) is 103 Å². The third-order valence-electron chi connectivity index (χ3n) is 9.02. The predicted molar refractivity (Wildman–Crippen MR) is 153 cm³/mol. The second-order valence-corrected chi connectivity index (χ2v) is 13.2. The number of nitrogens with zero attached hydrogens (tertiary/aromatic N) is 3.